The number of carboxylic acid groups (broad SMARTS) is 1. The topological polar surface area (TPSA) is 94.0 Å². The molecule has 0 fully saturated rings. The summed E-state index contributed by atoms with van der Waals surface area (Å²) < 4.78 is 28.1. The van der Waals surface area contributed by atoms with Gasteiger partial charge in [-0.2, -0.15) is 0 Å². The molecular formula is C11H10F2N4O2. The number of nitrogens with zero attached hydrogens (tertiary/aromatic N) is 3. The average molecular weight is 268 g/mol. The largest absolute Gasteiger partial charge is 0.476 e. The Morgan fingerprint density at radius 1 is 1.37 bits per heavy atom. The lowest BCUT2D eigenvalue weighted by Gasteiger charge is -2.07. The van der Waals surface area contributed by atoms with Gasteiger partial charge in [0.15, 0.2) is 5.69 Å². The van der Waals surface area contributed by atoms with Crippen LogP contribution in [0.15, 0.2) is 18.2 Å². The second kappa shape index (κ2) is 5.11. The van der Waals surface area contributed by atoms with Crippen LogP contribution in [0.4, 0.5) is 8.78 Å². The fourth-order valence-electron chi connectivity index (χ4n) is 1.66. The van der Waals surface area contributed by atoms with E-state index in [9.17, 15) is 13.6 Å². The number of benzene rings is 1. The predicted molar refractivity (Wildman–Crippen MR) is 60.3 cm³/mol. The summed E-state index contributed by atoms with van der Waals surface area (Å²) in [4.78, 5) is 10.9. The summed E-state index contributed by atoms with van der Waals surface area (Å²) >= 11 is 0. The maximum atomic E-state index is 13.5. The van der Waals surface area contributed by atoms with Crippen molar-refractivity contribution in [3.05, 3.63) is 46.8 Å². The van der Waals surface area contributed by atoms with Crippen LogP contribution in [-0.2, 0) is 13.1 Å². The summed E-state index contributed by atoms with van der Waals surface area (Å²) in [5.41, 5.74) is 4.98. The summed E-state index contributed by atoms with van der Waals surface area (Å²) in [6.45, 7) is -0.421. The Labute approximate surface area is 106 Å². The summed E-state index contributed by atoms with van der Waals surface area (Å²) in [6.07, 6.45) is 0. The van der Waals surface area contributed by atoms with E-state index < -0.39 is 17.6 Å². The fraction of sp³-hybridized carbons (Fsp3) is 0.182. The first kappa shape index (κ1) is 13.1. The molecule has 1 heterocycles. The van der Waals surface area contributed by atoms with Gasteiger partial charge in [-0.25, -0.2) is 18.3 Å². The van der Waals surface area contributed by atoms with Crippen LogP contribution >= 0.6 is 0 Å². The van der Waals surface area contributed by atoms with Crippen LogP contribution in [0.1, 0.15) is 21.7 Å². The number of rotatable bonds is 4. The second-order valence-corrected chi connectivity index (χ2v) is 3.75. The van der Waals surface area contributed by atoms with Gasteiger partial charge in [0, 0.05) is 12.1 Å². The zero-order chi connectivity index (χ0) is 14.0. The van der Waals surface area contributed by atoms with Crippen LogP contribution < -0.4 is 5.73 Å². The molecule has 100 valence electrons. The number of aromatic carboxylic acids is 1. The van der Waals surface area contributed by atoms with Gasteiger partial charge in [-0.05, 0) is 12.1 Å². The van der Waals surface area contributed by atoms with Crippen molar-refractivity contribution >= 4 is 5.97 Å². The normalized spacial score (nSPS) is 10.7. The van der Waals surface area contributed by atoms with E-state index in [-0.39, 0.29) is 30.0 Å². The van der Waals surface area contributed by atoms with E-state index in [4.69, 9.17) is 10.8 Å². The highest BCUT2D eigenvalue weighted by atomic mass is 19.1. The smallest absolute Gasteiger partial charge is 0.358 e. The minimum atomic E-state index is -1.29. The van der Waals surface area contributed by atoms with Crippen molar-refractivity contribution in [3.63, 3.8) is 0 Å². The standard InChI is InChI=1S/C11H10F2N4O2/c12-7-2-1-3-8(13)6(7)5-17-9(4-14)10(11(18)19)15-16-17/h1-3H,4-5,14H2,(H,18,19). The minimum Gasteiger partial charge on any atom is -0.476 e. The van der Waals surface area contributed by atoms with Crippen LogP contribution in [-0.4, -0.2) is 26.1 Å². The number of carbonyl (C=O) groups is 1. The quantitative estimate of drug-likeness (QED) is 0.853. The molecule has 19 heavy (non-hydrogen) atoms. The van der Waals surface area contributed by atoms with Crippen LogP contribution in [0.2, 0.25) is 0 Å². The van der Waals surface area contributed by atoms with Crippen LogP contribution in [0.3, 0.4) is 0 Å². The first-order valence-electron chi connectivity index (χ1n) is 5.33. The number of carboxylic acids is 1. The molecule has 0 saturated carbocycles. The molecule has 3 N–H and O–H groups in total. The molecule has 6 nitrogen and oxygen atoms in total. The van der Waals surface area contributed by atoms with Gasteiger partial charge in [-0.15, -0.1) is 5.10 Å². The maximum absolute atomic E-state index is 13.5. The molecule has 0 aliphatic heterocycles. The molecule has 2 aromatic rings. The molecule has 8 heteroatoms. The maximum Gasteiger partial charge on any atom is 0.358 e. The third-order valence-electron chi connectivity index (χ3n) is 2.60. The molecule has 0 atom stereocenters. The van der Waals surface area contributed by atoms with Crippen LogP contribution in [0.25, 0.3) is 0 Å². The van der Waals surface area contributed by atoms with Gasteiger partial charge in [0.2, 0.25) is 0 Å². The van der Waals surface area contributed by atoms with Crippen molar-refractivity contribution in [2.75, 3.05) is 0 Å². The molecule has 2 rings (SSSR count). The zero-order valence-corrected chi connectivity index (χ0v) is 9.68. The Balaban J connectivity index is 2.42. The summed E-state index contributed by atoms with van der Waals surface area (Å²) in [5, 5.41) is 15.9. The number of nitrogens with two attached hydrogens (primary N) is 1. The first-order chi connectivity index (χ1) is 9.04. The van der Waals surface area contributed by atoms with E-state index in [1.54, 1.807) is 0 Å². The molecule has 0 radical (unpaired) electrons. The first-order valence-corrected chi connectivity index (χ1v) is 5.33. The second-order valence-electron chi connectivity index (χ2n) is 3.75. The predicted octanol–water partition coefficient (Wildman–Crippen LogP) is 0.761. The van der Waals surface area contributed by atoms with Crippen molar-refractivity contribution < 1.29 is 18.7 Å². The van der Waals surface area contributed by atoms with Gasteiger partial charge in [-0.3, -0.25) is 0 Å². The van der Waals surface area contributed by atoms with E-state index in [0.29, 0.717) is 0 Å². The third kappa shape index (κ3) is 2.43. The Hall–Kier alpha value is -2.35. The highest BCUT2D eigenvalue weighted by molar-refractivity contribution is 5.86. The summed E-state index contributed by atoms with van der Waals surface area (Å²) in [5.74, 6) is -2.77. The highest BCUT2D eigenvalue weighted by Gasteiger charge is 2.19. The van der Waals surface area contributed by atoms with E-state index in [1.807, 2.05) is 0 Å². The van der Waals surface area contributed by atoms with Gasteiger partial charge in [0.05, 0.1) is 12.2 Å². The van der Waals surface area contributed by atoms with E-state index in [0.717, 1.165) is 16.8 Å². The summed E-state index contributed by atoms with van der Waals surface area (Å²) in [6, 6.07) is 3.45. The van der Waals surface area contributed by atoms with Gasteiger partial charge in [0.25, 0.3) is 0 Å². The zero-order valence-electron chi connectivity index (χ0n) is 9.68. The van der Waals surface area contributed by atoms with Gasteiger partial charge in [-0.1, -0.05) is 11.3 Å². The molecule has 0 amide bonds. The van der Waals surface area contributed by atoms with Crippen molar-refractivity contribution in [1.29, 1.82) is 0 Å². The number of hydrogen-bond acceptors (Lipinski definition) is 4. The van der Waals surface area contributed by atoms with E-state index >= 15 is 0 Å². The fourth-order valence-corrected chi connectivity index (χ4v) is 1.66. The van der Waals surface area contributed by atoms with Crippen LogP contribution in [0.5, 0.6) is 0 Å². The Bertz CT molecular complexity index is 607. The van der Waals surface area contributed by atoms with Crippen LogP contribution in [0, 0.1) is 11.6 Å². The Morgan fingerprint density at radius 2 is 2.00 bits per heavy atom. The van der Waals surface area contributed by atoms with Crippen molar-refractivity contribution in [2.24, 2.45) is 5.73 Å². The van der Waals surface area contributed by atoms with E-state index in [1.165, 1.54) is 6.07 Å². The molecule has 0 bridgehead atoms. The van der Waals surface area contributed by atoms with Gasteiger partial charge in [0.1, 0.15) is 11.6 Å². The van der Waals surface area contributed by atoms with Gasteiger partial charge >= 0.3 is 5.97 Å². The SMILES string of the molecule is NCc1c(C(=O)O)nnn1Cc1c(F)cccc1F. The van der Waals surface area contributed by atoms with Crippen molar-refractivity contribution in [3.8, 4) is 0 Å². The molecular weight excluding hydrogens is 258 g/mol. The molecule has 0 spiro atoms. The lowest BCUT2D eigenvalue weighted by molar-refractivity contribution is 0.0689. The van der Waals surface area contributed by atoms with Crippen molar-refractivity contribution in [1.82, 2.24) is 15.0 Å². The molecule has 0 aliphatic rings. The average Bonchev–Trinajstić information content (AvgIpc) is 2.77. The lowest BCUT2D eigenvalue weighted by atomic mass is 10.2. The Morgan fingerprint density at radius 3 is 2.53 bits per heavy atom. The van der Waals surface area contributed by atoms with E-state index in [2.05, 4.69) is 10.3 Å². The molecule has 0 saturated heterocycles. The molecule has 1 aromatic heterocycles. The molecule has 0 aliphatic carbocycles. The number of halogens is 2. The minimum absolute atomic E-state index is 0.107. The number of aromatic nitrogens is 3. The van der Waals surface area contributed by atoms with Gasteiger partial charge < -0.3 is 10.8 Å². The molecule has 0 unspecified atom stereocenters. The van der Waals surface area contributed by atoms with Crippen molar-refractivity contribution in [2.45, 2.75) is 13.1 Å². The molecule has 1 aromatic carbocycles. The number of hydrogen-bond donors (Lipinski definition) is 2. The summed E-state index contributed by atoms with van der Waals surface area (Å²) in [7, 11) is 0. The third-order valence-corrected chi connectivity index (χ3v) is 2.60. The highest BCUT2D eigenvalue weighted by Crippen LogP contribution is 2.15. The lowest BCUT2D eigenvalue weighted by Crippen LogP contribution is -2.14. The Kier molecular flexibility index (Phi) is 3.52. The monoisotopic (exact) mass is 268 g/mol.